The molecule has 1 aliphatic rings. The van der Waals surface area contributed by atoms with Gasteiger partial charge in [-0.05, 0) is 18.1 Å². The normalized spacial score (nSPS) is 14.3. The second-order valence-corrected chi connectivity index (χ2v) is 6.73. The maximum absolute atomic E-state index is 12.8. The lowest BCUT2D eigenvalue weighted by molar-refractivity contribution is -0.138. The van der Waals surface area contributed by atoms with Gasteiger partial charge in [0.25, 0.3) is 11.8 Å². The van der Waals surface area contributed by atoms with Crippen LogP contribution >= 0.6 is 0 Å². The molecule has 2 aromatic rings. The number of imide groups is 1. The van der Waals surface area contributed by atoms with Gasteiger partial charge in [-0.3, -0.25) is 24.1 Å². The van der Waals surface area contributed by atoms with Crippen molar-refractivity contribution in [3.63, 3.8) is 0 Å². The topological polar surface area (TPSA) is 134 Å². The van der Waals surface area contributed by atoms with Crippen molar-refractivity contribution in [3.8, 4) is 0 Å². The summed E-state index contributed by atoms with van der Waals surface area (Å²) < 4.78 is 1.13. The summed E-state index contributed by atoms with van der Waals surface area (Å²) in [6, 6.07) is 5.47. The molecule has 1 aromatic carbocycles. The Labute approximate surface area is 160 Å². The minimum Gasteiger partial charge on any atom is -0.480 e. The predicted octanol–water partition coefficient (Wildman–Crippen LogP) is 0.300. The Kier molecular flexibility index (Phi) is 5.21. The van der Waals surface area contributed by atoms with Crippen molar-refractivity contribution < 1.29 is 24.3 Å². The summed E-state index contributed by atoms with van der Waals surface area (Å²) in [5.41, 5.74) is 0.921. The van der Waals surface area contributed by atoms with E-state index >= 15 is 0 Å². The molecule has 10 nitrogen and oxygen atoms in total. The highest BCUT2D eigenvalue weighted by atomic mass is 16.4. The highest BCUT2D eigenvalue weighted by Crippen LogP contribution is 2.27. The molecule has 0 spiro atoms. The summed E-state index contributed by atoms with van der Waals surface area (Å²) in [7, 11) is 0. The van der Waals surface area contributed by atoms with Gasteiger partial charge in [0.05, 0.1) is 23.9 Å². The molecule has 0 saturated heterocycles. The first-order valence-electron chi connectivity index (χ1n) is 8.65. The molecule has 3 amide bonds. The van der Waals surface area contributed by atoms with Gasteiger partial charge in [0, 0.05) is 0 Å². The minimum atomic E-state index is -1.06. The Morgan fingerprint density at radius 1 is 1.14 bits per heavy atom. The van der Waals surface area contributed by atoms with E-state index in [-0.39, 0.29) is 30.1 Å². The molecular formula is C18H19N5O5. The molecule has 0 aliphatic carbocycles. The monoisotopic (exact) mass is 385 g/mol. The summed E-state index contributed by atoms with van der Waals surface area (Å²) in [6.45, 7) is 3.14. The number of fused-ring (bicyclic) bond motifs is 1. The fourth-order valence-corrected chi connectivity index (χ4v) is 3.10. The number of hydrogen-bond acceptors (Lipinski definition) is 6. The minimum absolute atomic E-state index is 0.00909. The van der Waals surface area contributed by atoms with Crippen molar-refractivity contribution in [2.24, 2.45) is 5.92 Å². The van der Waals surface area contributed by atoms with Crippen LogP contribution in [0.3, 0.4) is 0 Å². The van der Waals surface area contributed by atoms with Crippen LogP contribution in [0.25, 0.3) is 0 Å². The second kappa shape index (κ2) is 7.59. The number of benzene rings is 1. The van der Waals surface area contributed by atoms with Crippen LogP contribution in [0, 0.1) is 5.92 Å². The van der Waals surface area contributed by atoms with Crippen LogP contribution in [0.1, 0.15) is 40.3 Å². The van der Waals surface area contributed by atoms with Gasteiger partial charge in [-0.15, -0.1) is 5.10 Å². The van der Waals surface area contributed by atoms with E-state index in [9.17, 15) is 19.2 Å². The Balaban J connectivity index is 1.73. The third kappa shape index (κ3) is 3.61. The molecule has 0 saturated carbocycles. The van der Waals surface area contributed by atoms with Gasteiger partial charge in [-0.2, -0.15) is 0 Å². The van der Waals surface area contributed by atoms with E-state index in [1.165, 1.54) is 6.20 Å². The number of aromatic nitrogens is 3. The Bertz CT molecular complexity index is 916. The number of nitrogens with one attached hydrogen (secondary N) is 1. The highest BCUT2D eigenvalue weighted by Gasteiger charge is 2.43. The zero-order valence-corrected chi connectivity index (χ0v) is 15.3. The van der Waals surface area contributed by atoms with Crippen molar-refractivity contribution in [2.45, 2.75) is 33.0 Å². The first-order chi connectivity index (χ1) is 13.3. The van der Waals surface area contributed by atoms with Gasteiger partial charge >= 0.3 is 5.97 Å². The molecule has 1 atom stereocenters. The lowest BCUT2D eigenvalue weighted by Crippen LogP contribution is -2.52. The summed E-state index contributed by atoms with van der Waals surface area (Å²) >= 11 is 0. The van der Waals surface area contributed by atoms with E-state index in [1.54, 1.807) is 38.1 Å². The maximum atomic E-state index is 12.8. The maximum Gasteiger partial charge on any atom is 0.325 e. The average molecular weight is 385 g/mol. The fourth-order valence-electron chi connectivity index (χ4n) is 3.10. The highest BCUT2D eigenvalue weighted by molar-refractivity contribution is 6.22. The summed E-state index contributed by atoms with van der Waals surface area (Å²) in [5.74, 6) is -2.88. The number of rotatable bonds is 7. The summed E-state index contributed by atoms with van der Waals surface area (Å²) in [5, 5.41) is 18.8. The molecule has 10 heteroatoms. The first kappa shape index (κ1) is 19.2. The van der Waals surface area contributed by atoms with Crippen LogP contribution in [0.15, 0.2) is 30.5 Å². The standard InChI is InChI=1S/C18H19N5O5/c1-10(2)15(23-17(27)12-5-3-4-6-13(12)18(23)28)16(26)19-7-11-8-22(21-20-11)9-14(24)25/h3-6,8,10,15H,7,9H2,1-2H3,(H,19,26)(H,24,25). The number of carbonyl (C=O) groups is 4. The van der Waals surface area contributed by atoms with E-state index in [2.05, 4.69) is 15.6 Å². The second-order valence-electron chi connectivity index (χ2n) is 6.73. The van der Waals surface area contributed by atoms with Crippen molar-refractivity contribution in [2.75, 3.05) is 0 Å². The average Bonchev–Trinajstić information content (AvgIpc) is 3.18. The zero-order chi connectivity index (χ0) is 20.4. The molecule has 146 valence electrons. The van der Waals surface area contributed by atoms with Crippen molar-refractivity contribution in [1.82, 2.24) is 25.2 Å². The van der Waals surface area contributed by atoms with E-state index in [1.807, 2.05) is 0 Å². The van der Waals surface area contributed by atoms with Gasteiger partial charge in [-0.1, -0.05) is 31.2 Å². The number of carboxylic acids is 1. The molecule has 1 aliphatic heterocycles. The lowest BCUT2D eigenvalue weighted by atomic mass is 10.0. The van der Waals surface area contributed by atoms with Crippen LogP contribution in [-0.4, -0.2) is 54.7 Å². The third-order valence-electron chi connectivity index (χ3n) is 4.33. The van der Waals surface area contributed by atoms with Gasteiger partial charge in [0.15, 0.2) is 0 Å². The van der Waals surface area contributed by atoms with Gasteiger partial charge < -0.3 is 10.4 Å². The quantitative estimate of drug-likeness (QED) is 0.655. The van der Waals surface area contributed by atoms with Crippen molar-refractivity contribution in [3.05, 3.63) is 47.3 Å². The molecule has 28 heavy (non-hydrogen) atoms. The van der Waals surface area contributed by atoms with Crippen LogP contribution < -0.4 is 5.32 Å². The molecule has 1 unspecified atom stereocenters. The number of carboxylic acid groups (broad SMARTS) is 1. The number of amides is 3. The SMILES string of the molecule is CC(C)C(C(=O)NCc1cn(CC(=O)O)nn1)N1C(=O)c2ccccc2C1=O. The van der Waals surface area contributed by atoms with Crippen LogP contribution in [0.5, 0.6) is 0 Å². The molecule has 2 heterocycles. The Morgan fingerprint density at radius 3 is 2.29 bits per heavy atom. The molecule has 3 rings (SSSR count). The molecule has 0 fully saturated rings. The largest absolute Gasteiger partial charge is 0.480 e. The van der Waals surface area contributed by atoms with Crippen LogP contribution in [0.4, 0.5) is 0 Å². The van der Waals surface area contributed by atoms with E-state index in [4.69, 9.17) is 5.11 Å². The van der Waals surface area contributed by atoms with Gasteiger partial charge in [-0.25, -0.2) is 4.68 Å². The molecule has 0 bridgehead atoms. The van der Waals surface area contributed by atoms with Gasteiger partial charge in [0.2, 0.25) is 5.91 Å². The zero-order valence-electron chi connectivity index (χ0n) is 15.3. The fraction of sp³-hybridized carbons (Fsp3) is 0.333. The lowest BCUT2D eigenvalue weighted by Gasteiger charge is -2.28. The Hall–Kier alpha value is -3.56. The van der Waals surface area contributed by atoms with Crippen LogP contribution in [0.2, 0.25) is 0 Å². The Morgan fingerprint density at radius 2 is 1.75 bits per heavy atom. The van der Waals surface area contributed by atoms with E-state index < -0.39 is 29.7 Å². The number of carbonyl (C=O) groups excluding carboxylic acids is 3. The number of nitrogens with zero attached hydrogens (tertiary/aromatic N) is 4. The predicted molar refractivity (Wildman–Crippen MR) is 95.1 cm³/mol. The molecule has 0 radical (unpaired) electrons. The van der Waals surface area contributed by atoms with Crippen molar-refractivity contribution >= 4 is 23.7 Å². The number of hydrogen-bond donors (Lipinski definition) is 2. The number of aliphatic carboxylic acids is 1. The molecule has 1 aromatic heterocycles. The van der Waals surface area contributed by atoms with E-state index in [0.717, 1.165) is 9.58 Å². The van der Waals surface area contributed by atoms with Crippen molar-refractivity contribution in [1.29, 1.82) is 0 Å². The summed E-state index contributed by atoms with van der Waals surface area (Å²) in [6.07, 6.45) is 1.40. The van der Waals surface area contributed by atoms with Gasteiger partial charge in [0.1, 0.15) is 18.3 Å². The smallest absolute Gasteiger partial charge is 0.325 e. The summed E-state index contributed by atoms with van der Waals surface area (Å²) in [4.78, 5) is 49.8. The van der Waals surface area contributed by atoms with E-state index in [0.29, 0.717) is 5.69 Å². The third-order valence-corrected chi connectivity index (χ3v) is 4.33. The van der Waals surface area contributed by atoms with Crippen LogP contribution in [-0.2, 0) is 22.7 Å². The molecule has 2 N–H and O–H groups in total. The molecular weight excluding hydrogens is 366 g/mol. The first-order valence-corrected chi connectivity index (χ1v) is 8.65.